The largest absolute Gasteiger partial charge is 0.481 e. The quantitative estimate of drug-likeness (QED) is 0.831. The number of nitrogens with one attached hydrogen (secondary N) is 1. The van der Waals surface area contributed by atoms with E-state index in [1.165, 1.54) is 12.1 Å². The highest BCUT2D eigenvalue weighted by atomic mass is 19.1. The van der Waals surface area contributed by atoms with Crippen LogP contribution in [0.25, 0.3) is 0 Å². The van der Waals surface area contributed by atoms with E-state index in [-0.39, 0.29) is 30.7 Å². The van der Waals surface area contributed by atoms with E-state index in [1.54, 1.807) is 12.1 Å². The number of benzene rings is 1. The first-order valence-electron chi connectivity index (χ1n) is 7.04. The zero-order valence-corrected chi connectivity index (χ0v) is 11.7. The summed E-state index contributed by atoms with van der Waals surface area (Å²) in [5, 5.41) is 11.2. The number of carbonyl (C=O) groups is 2. The number of amides is 1. The van der Waals surface area contributed by atoms with Crippen molar-refractivity contribution in [3.63, 3.8) is 0 Å². The fourth-order valence-corrected chi connectivity index (χ4v) is 2.55. The Bertz CT molecular complexity index is 504. The normalized spacial score (nSPS) is 18.6. The molecule has 1 aliphatic rings. The van der Waals surface area contributed by atoms with E-state index in [0.717, 1.165) is 24.9 Å². The Kier molecular flexibility index (Phi) is 5.27. The van der Waals surface area contributed by atoms with Crippen molar-refractivity contribution in [1.29, 1.82) is 0 Å². The summed E-state index contributed by atoms with van der Waals surface area (Å²) in [5.74, 6) is -1.33. The van der Waals surface area contributed by atoms with E-state index >= 15 is 0 Å². The average Bonchev–Trinajstić information content (AvgIpc) is 2.89. The zero-order valence-electron chi connectivity index (χ0n) is 11.7. The number of hydrogen-bond donors (Lipinski definition) is 2. The van der Waals surface area contributed by atoms with Crippen LogP contribution in [0.4, 0.5) is 4.39 Å². The smallest absolute Gasteiger partial charge is 0.305 e. The lowest BCUT2D eigenvalue weighted by atomic mass is 10.1. The Morgan fingerprint density at radius 2 is 2.05 bits per heavy atom. The molecule has 6 heteroatoms. The van der Waals surface area contributed by atoms with Gasteiger partial charge in [0.1, 0.15) is 5.82 Å². The Morgan fingerprint density at radius 3 is 2.71 bits per heavy atom. The van der Waals surface area contributed by atoms with Crippen molar-refractivity contribution in [1.82, 2.24) is 10.2 Å². The molecule has 0 bridgehead atoms. The van der Waals surface area contributed by atoms with Crippen LogP contribution in [0.15, 0.2) is 24.3 Å². The van der Waals surface area contributed by atoms with E-state index in [9.17, 15) is 14.0 Å². The number of carboxylic acid groups (broad SMARTS) is 1. The van der Waals surface area contributed by atoms with Crippen molar-refractivity contribution >= 4 is 11.9 Å². The van der Waals surface area contributed by atoms with Crippen LogP contribution < -0.4 is 5.32 Å². The van der Waals surface area contributed by atoms with E-state index in [0.29, 0.717) is 6.54 Å². The summed E-state index contributed by atoms with van der Waals surface area (Å²) in [6, 6.07) is 6.02. The van der Waals surface area contributed by atoms with Gasteiger partial charge in [-0.1, -0.05) is 12.1 Å². The molecule has 1 saturated heterocycles. The Hall–Kier alpha value is -1.95. The minimum atomic E-state index is -0.926. The van der Waals surface area contributed by atoms with E-state index < -0.39 is 5.97 Å². The minimum absolute atomic E-state index is 0.0730. The number of carboxylic acids is 1. The number of nitrogens with zero attached hydrogens (tertiary/aromatic N) is 1. The second-order valence-corrected chi connectivity index (χ2v) is 5.19. The molecule has 114 valence electrons. The highest BCUT2D eigenvalue weighted by Crippen LogP contribution is 2.20. The van der Waals surface area contributed by atoms with Crippen LogP contribution in [0.3, 0.4) is 0 Å². The van der Waals surface area contributed by atoms with Crippen molar-refractivity contribution in [2.24, 2.45) is 0 Å². The Morgan fingerprint density at radius 1 is 1.33 bits per heavy atom. The van der Waals surface area contributed by atoms with Crippen molar-refractivity contribution in [3.05, 3.63) is 35.6 Å². The SMILES string of the molecule is O=C(O)CCNC(=O)[C@@H]1CCCN1Cc1ccc(F)cc1. The molecule has 1 atom stereocenters. The van der Waals surface area contributed by atoms with Crippen LogP contribution in [0.2, 0.25) is 0 Å². The zero-order chi connectivity index (χ0) is 15.2. The van der Waals surface area contributed by atoms with Gasteiger partial charge in [-0.15, -0.1) is 0 Å². The molecule has 0 aliphatic carbocycles. The van der Waals surface area contributed by atoms with E-state index in [4.69, 9.17) is 5.11 Å². The van der Waals surface area contributed by atoms with Crippen molar-refractivity contribution in [2.45, 2.75) is 31.8 Å². The summed E-state index contributed by atoms with van der Waals surface area (Å²) in [7, 11) is 0. The topological polar surface area (TPSA) is 69.6 Å². The molecule has 0 saturated carbocycles. The predicted octanol–water partition coefficient (Wildman–Crippen LogP) is 1.38. The van der Waals surface area contributed by atoms with Crippen molar-refractivity contribution in [2.75, 3.05) is 13.1 Å². The van der Waals surface area contributed by atoms with E-state index in [2.05, 4.69) is 5.32 Å². The second kappa shape index (κ2) is 7.17. The predicted molar refractivity (Wildman–Crippen MR) is 75.1 cm³/mol. The number of hydrogen-bond acceptors (Lipinski definition) is 3. The van der Waals surface area contributed by atoms with Crippen LogP contribution in [0.1, 0.15) is 24.8 Å². The fraction of sp³-hybridized carbons (Fsp3) is 0.467. The van der Waals surface area contributed by atoms with Gasteiger partial charge in [0.15, 0.2) is 0 Å². The summed E-state index contributed by atoms with van der Waals surface area (Å²) in [4.78, 5) is 24.6. The molecule has 1 amide bonds. The molecule has 0 unspecified atom stereocenters. The highest BCUT2D eigenvalue weighted by Gasteiger charge is 2.30. The number of halogens is 1. The lowest BCUT2D eigenvalue weighted by Crippen LogP contribution is -2.43. The molecule has 1 aromatic rings. The first kappa shape index (κ1) is 15.4. The van der Waals surface area contributed by atoms with Gasteiger partial charge in [-0.25, -0.2) is 4.39 Å². The standard InChI is InChI=1S/C15H19FN2O3/c16-12-5-3-11(4-6-12)10-18-9-1-2-13(18)15(21)17-8-7-14(19)20/h3-6,13H,1-2,7-10H2,(H,17,21)(H,19,20)/t13-/m0/s1. The third-order valence-corrected chi connectivity index (χ3v) is 3.60. The Labute approximate surface area is 122 Å². The summed E-state index contributed by atoms with van der Waals surface area (Å²) >= 11 is 0. The number of aliphatic carboxylic acids is 1. The van der Waals surface area contributed by atoms with Crippen LogP contribution in [-0.2, 0) is 16.1 Å². The summed E-state index contributed by atoms with van der Waals surface area (Å²) in [5.41, 5.74) is 0.960. The fourth-order valence-electron chi connectivity index (χ4n) is 2.55. The number of carbonyl (C=O) groups excluding carboxylic acids is 1. The molecule has 2 N–H and O–H groups in total. The van der Waals surface area contributed by atoms with Gasteiger partial charge in [0, 0.05) is 13.1 Å². The molecule has 0 spiro atoms. The maximum Gasteiger partial charge on any atom is 0.305 e. The molecule has 1 aliphatic heterocycles. The lowest BCUT2D eigenvalue weighted by molar-refractivity contribution is -0.137. The third-order valence-electron chi connectivity index (χ3n) is 3.60. The maximum atomic E-state index is 12.9. The number of likely N-dealkylation sites (tertiary alicyclic amines) is 1. The highest BCUT2D eigenvalue weighted by molar-refractivity contribution is 5.82. The molecular weight excluding hydrogens is 275 g/mol. The summed E-state index contributed by atoms with van der Waals surface area (Å²) in [6.45, 7) is 1.56. The first-order valence-corrected chi connectivity index (χ1v) is 7.04. The Balaban J connectivity index is 1.88. The van der Waals surface area contributed by atoms with Gasteiger partial charge in [0.25, 0.3) is 0 Å². The molecule has 1 heterocycles. The molecule has 21 heavy (non-hydrogen) atoms. The molecule has 1 aromatic carbocycles. The monoisotopic (exact) mass is 294 g/mol. The van der Waals surface area contributed by atoms with Gasteiger partial charge in [0.2, 0.25) is 5.91 Å². The second-order valence-electron chi connectivity index (χ2n) is 5.19. The lowest BCUT2D eigenvalue weighted by Gasteiger charge is -2.23. The molecular formula is C15H19FN2O3. The van der Waals surface area contributed by atoms with Crippen LogP contribution in [-0.4, -0.2) is 41.0 Å². The molecule has 0 aromatic heterocycles. The van der Waals surface area contributed by atoms with Gasteiger partial charge in [-0.2, -0.15) is 0 Å². The van der Waals surface area contributed by atoms with Gasteiger partial charge in [-0.05, 0) is 37.1 Å². The first-order chi connectivity index (χ1) is 10.1. The van der Waals surface area contributed by atoms with Gasteiger partial charge >= 0.3 is 5.97 Å². The van der Waals surface area contributed by atoms with Crippen LogP contribution >= 0.6 is 0 Å². The van der Waals surface area contributed by atoms with Gasteiger partial charge < -0.3 is 10.4 Å². The maximum absolute atomic E-state index is 12.9. The molecule has 2 rings (SSSR count). The van der Waals surface area contributed by atoms with Gasteiger partial charge in [-0.3, -0.25) is 14.5 Å². The molecule has 1 fully saturated rings. The van der Waals surface area contributed by atoms with Gasteiger partial charge in [0.05, 0.1) is 12.5 Å². The molecule has 5 nitrogen and oxygen atoms in total. The van der Waals surface area contributed by atoms with E-state index in [1.807, 2.05) is 4.90 Å². The molecule has 0 radical (unpaired) electrons. The summed E-state index contributed by atoms with van der Waals surface area (Å²) < 4.78 is 12.9. The minimum Gasteiger partial charge on any atom is -0.481 e. The van der Waals surface area contributed by atoms with Crippen molar-refractivity contribution in [3.8, 4) is 0 Å². The number of rotatable bonds is 6. The summed E-state index contributed by atoms with van der Waals surface area (Å²) in [6.07, 6.45) is 1.62. The van der Waals surface area contributed by atoms with Crippen LogP contribution in [0, 0.1) is 5.82 Å². The van der Waals surface area contributed by atoms with Crippen LogP contribution in [0.5, 0.6) is 0 Å². The van der Waals surface area contributed by atoms with Crippen molar-refractivity contribution < 1.29 is 19.1 Å². The third kappa shape index (κ3) is 4.53. The average molecular weight is 294 g/mol.